The second kappa shape index (κ2) is 5.63. The SMILES string of the molecule is CS(=O)(=O)C1CCN(S(=O)(=O)Cc2cccc(Cl)c2)C1. The van der Waals surface area contributed by atoms with Crippen LogP contribution in [0.25, 0.3) is 0 Å². The van der Waals surface area contributed by atoms with Crippen LogP contribution in [-0.4, -0.2) is 45.7 Å². The van der Waals surface area contributed by atoms with Gasteiger partial charge in [0.2, 0.25) is 10.0 Å². The van der Waals surface area contributed by atoms with Gasteiger partial charge in [0, 0.05) is 24.4 Å². The minimum absolute atomic E-state index is 0.0434. The quantitative estimate of drug-likeness (QED) is 0.830. The maximum atomic E-state index is 12.3. The van der Waals surface area contributed by atoms with Crippen molar-refractivity contribution in [2.75, 3.05) is 19.3 Å². The van der Waals surface area contributed by atoms with Gasteiger partial charge >= 0.3 is 0 Å². The zero-order chi connectivity index (χ0) is 15.0. The van der Waals surface area contributed by atoms with E-state index in [0.29, 0.717) is 17.0 Å². The van der Waals surface area contributed by atoms with Crippen molar-refractivity contribution in [2.45, 2.75) is 17.4 Å². The van der Waals surface area contributed by atoms with Crippen LogP contribution >= 0.6 is 11.6 Å². The summed E-state index contributed by atoms with van der Waals surface area (Å²) in [5.41, 5.74) is 0.598. The average molecular weight is 338 g/mol. The molecule has 0 radical (unpaired) electrons. The van der Waals surface area contributed by atoms with E-state index in [1.54, 1.807) is 24.3 Å². The highest BCUT2D eigenvalue weighted by Crippen LogP contribution is 2.22. The van der Waals surface area contributed by atoms with Crippen molar-refractivity contribution in [3.05, 3.63) is 34.9 Å². The molecule has 1 aromatic rings. The predicted molar refractivity (Wildman–Crippen MR) is 78.9 cm³/mol. The third-order valence-electron chi connectivity index (χ3n) is 3.34. The van der Waals surface area contributed by atoms with E-state index in [0.717, 1.165) is 6.26 Å². The van der Waals surface area contributed by atoms with Crippen LogP contribution in [0.4, 0.5) is 0 Å². The smallest absolute Gasteiger partial charge is 0.218 e. The Morgan fingerprint density at radius 3 is 2.55 bits per heavy atom. The summed E-state index contributed by atoms with van der Waals surface area (Å²) in [6, 6.07) is 6.65. The first-order valence-electron chi connectivity index (χ1n) is 6.09. The number of hydrogen-bond acceptors (Lipinski definition) is 4. The molecular weight excluding hydrogens is 322 g/mol. The van der Waals surface area contributed by atoms with Crippen molar-refractivity contribution < 1.29 is 16.8 Å². The number of sulfone groups is 1. The highest BCUT2D eigenvalue weighted by Gasteiger charge is 2.36. The Hall–Kier alpha value is -0.630. The summed E-state index contributed by atoms with van der Waals surface area (Å²) in [5, 5.41) is -0.121. The van der Waals surface area contributed by atoms with Crippen molar-refractivity contribution in [3.63, 3.8) is 0 Å². The monoisotopic (exact) mass is 337 g/mol. The van der Waals surface area contributed by atoms with E-state index < -0.39 is 25.1 Å². The fourth-order valence-electron chi connectivity index (χ4n) is 2.23. The Bertz CT molecular complexity index is 700. The van der Waals surface area contributed by atoms with E-state index in [4.69, 9.17) is 11.6 Å². The van der Waals surface area contributed by atoms with Gasteiger partial charge in [0.25, 0.3) is 0 Å². The van der Waals surface area contributed by atoms with Crippen LogP contribution in [0.2, 0.25) is 5.02 Å². The molecule has 0 saturated carbocycles. The van der Waals surface area contributed by atoms with Gasteiger partial charge < -0.3 is 0 Å². The largest absolute Gasteiger partial charge is 0.229 e. The van der Waals surface area contributed by atoms with Crippen molar-refractivity contribution in [3.8, 4) is 0 Å². The number of hydrogen-bond donors (Lipinski definition) is 0. The van der Waals surface area contributed by atoms with E-state index in [2.05, 4.69) is 0 Å². The van der Waals surface area contributed by atoms with Gasteiger partial charge in [-0.3, -0.25) is 0 Å². The van der Waals surface area contributed by atoms with Gasteiger partial charge in [-0.15, -0.1) is 0 Å². The molecule has 5 nitrogen and oxygen atoms in total. The van der Waals surface area contributed by atoms with Crippen molar-refractivity contribution >= 4 is 31.5 Å². The van der Waals surface area contributed by atoms with Crippen LogP contribution in [0.1, 0.15) is 12.0 Å². The summed E-state index contributed by atoms with van der Waals surface area (Å²) >= 11 is 5.83. The molecule has 0 amide bonds. The number of nitrogens with zero attached hydrogens (tertiary/aromatic N) is 1. The number of rotatable bonds is 4. The van der Waals surface area contributed by atoms with E-state index in [1.165, 1.54) is 4.31 Å². The summed E-state index contributed by atoms with van der Waals surface area (Å²) in [7, 11) is -6.72. The summed E-state index contributed by atoms with van der Waals surface area (Å²) in [5.74, 6) is -0.163. The molecule has 1 saturated heterocycles. The Balaban J connectivity index is 2.13. The van der Waals surface area contributed by atoms with E-state index in [9.17, 15) is 16.8 Å². The molecule has 20 heavy (non-hydrogen) atoms. The molecule has 2 rings (SSSR count). The first-order valence-corrected chi connectivity index (χ1v) is 10.0. The molecule has 1 atom stereocenters. The Morgan fingerprint density at radius 2 is 2.00 bits per heavy atom. The predicted octanol–water partition coefficient (Wildman–Crippen LogP) is 1.29. The zero-order valence-corrected chi connectivity index (χ0v) is 13.4. The zero-order valence-electron chi connectivity index (χ0n) is 11.0. The lowest BCUT2D eigenvalue weighted by Gasteiger charge is -2.16. The first kappa shape index (κ1) is 15.8. The van der Waals surface area contributed by atoms with Gasteiger partial charge in [-0.1, -0.05) is 23.7 Å². The number of halogens is 1. The molecule has 0 N–H and O–H groups in total. The van der Waals surface area contributed by atoms with Crippen LogP contribution in [0.15, 0.2) is 24.3 Å². The number of sulfonamides is 1. The van der Waals surface area contributed by atoms with Crippen LogP contribution in [0, 0.1) is 0 Å². The van der Waals surface area contributed by atoms with Crippen LogP contribution in [0.5, 0.6) is 0 Å². The fourth-order valence-corrected chi connectivity index (χ4v) is 5.09. The van der Waals surface area contributed by atoms with Crippen molar-refractivity contribution in [1.82, 2.24) is 4.31 Å². The molecule has 0 bridgehead atoms. The van der Waals surface area contributed by atoms with Crippen LogP contribution in [-0.2, 0) is 25.6 Å². The second-order valence-electron chi connectivity index (χ2n) is 4.98. The van der Waals surface area contributed by atoms with Gasteiger partial charge in [0.15, 0.2) is 9.84 Å². The highest BCUT2D eigenvalue weighted by atomic mass is 35.5. The van der Waals surface area contributed by atoms with Crippen LogP contribution in [0.3, 0.4) is 0 Å². The molecule has 1 heterocycles. The summed E-state index contributed by atoms with van der Waals surface area (Å²) < 4.78 is 48.7. The lowest BCUT2D eigenvalue weighted by Crippen LogP contribution is -2.32. The van der Waals surface area contributed by atoms with Crippen molar-refractivity contribution in [2.24, 2.45) is 0 Å². The van der Waals surface area contributed by atoms with Gasteiger partial charge in [0.1, 0.15) is 0 Å². The first-order chi connectivity index (χ1) is 9.18. The maximum absolute atomic E-state index is 12.3. The van der Waals surface area contributed by atoms with E-state index >= 15 is 0 Å². The summed E-state index contributed by atoms with van der Waals surface area (Å²) in [4.78, 5) is 0. The fraction of sp³-hybridized carbons (Fsp3) is 0.500. The van der Waals surface area contributed by atoms with Gasteiger partial charge in [-0.25, -0.2) is 21.1 Å². The molecular formula is C12H16ClNO4S2. The minimum Gasteiger partial charge on any atom is -0.229 e. The molecule has 1 aliphatic heterocycles. The molecule has 1 fully saturated rings. The lowest BCUT2D eigenvalue weighted by atomic mass is 10.2. The number of benzene rings is 1. The molecule has 8 heteroatoms. The Labute approximate surface area is 124 Å². The maximum Gasteiger partial charge on any atom is 0.218 e. The molecule has 0 spiro atoms. The van der Waals surface area contributed by atoms with Crippen molar-refractivity contribution in [1.29, 1.82) is 0 Å². The second-order valence-corrected chi connectivity index (χ2v) is 9.72. The van der Waals surface area contributed by atoms with Gasteiger partial charge in [0.05, 0.1) is 11.0 Å². The Kier molecular flexibility index (Phi) is 4.44. The summed E-state index contributed by atoms with van der Waals surface area (Å²) in [6.45, 7) is 0.294. The third kappa shape index (κ3) is 3.72. The molecule has 0 aromatic heterocycles. The van der Waals surface area contributed by atoms with E-state index in [-0.39, 0.29) is 18.8 Å². The standard InChI is InChI=1S/C12H16ClNO4S2/c1-19(15,16)12-5-6-14(8-12)20(17,18)9-10-3-2-4-11(13)7-10/h2-4,7,12H,5-6,8-9H2,1H3. The van der Waals surface area contributed by atoms with Gasteiger partial charge in [-0.05, 0) is 24.1 Å². The topological polar surface area (TPSA) is 71.5 Å². The highest BCUT2D eigenvalue weighted by molar-refractivity contribution is 7.91. The Morgan fingerprint density at radius 1 is 1.30 bits per heavy atom. The minimum atomic E-state index is -3.51. The molecule has 1 aliphatic rings. The normalized spacial score (nSPS) is 21.2. The summed E-state index contributed by atoms with van der Waals surface area (Å²) in [6.07, 6.45) is 1.50. The average Bonchev–Trinajstić information content (AvgIpc) is 2.77. The molecule has 1 aromatic carbocycles. The molecule has 0 aliphatic carbocycles. The molecule has 1 unspecified atom stereocenters. The molecule has 112 valence electrons. The third-order valence-corrected chi connectivity index (χ3v) is 6.99. The van der Waals surface area contributed by atoms with Crippen LogP contribution < -0.4 is 0 Å². The van der Waals surface area contributed by atoms with Gasteiger partial charge in [-0.2, -0.15) is 0 Å². The lowest BCUT2D eigenvalue weighted by molar-refractivity contribution is 0.476. The van der Waals surface area contributed by atoms with E-state index in [1.807, 2.05) is 0 Å².